The predicted molar refractivity (Wildman–Crippen MR) is 241 cm³/mol. The number of ketones is 1. The number of hydrogen-bond donors (Lipinski definition) is 4. The molecule has 1 saturated carbocycles. The Morgan fingerprint density at radius 1 is 0.922 bits per heavy atom. The van der Waals surface area contributed by atoms with E-state index in [0.29, 0.717) is 37.4 Å². The summed E-state index contributed by atoms with van der Waals surface area (Å²) in [6.07, 6.45) is 2.62. The Hall–Kier alpha value is -5.12. The van der Waals surface area contributed by atoms with Gasteiger partial charge in [0.05, 0.1) is 49.4 Å². The number of aliphatic hydroxyl groups excluding tert-OH is 1. The van der Waals surface area contributed by atoms with Crippen molar-refractivity contribution in [3.8, 4) is 0 Å². The van der Waals surface area contributed by atoms with Crippen molar-refractivity contribution in [2.45, 2.75) is 151 Å². The average molecular weight is 900 g/mol. The molecular formula is C49H73NO14. The quantitative estimate of drug-likeness (QED) is 0.101. The lowest BCUT2D eigenvalue weighted by atomic mass is 9.64. The van der Waals surface area contributed by atoms with Gasteiger partial charge in [-0.1, -0.05) is 87.9 Å². The molecule has 1 aliphatic heterocycles. The van der Waals surface area contributed by atoms with Gasteiger partial charge in [-0.25, -0.2) is 9.59 Å². The number of Topliss-reactive ketones (excluding diaryl/α,β-unsaturated/α-hetero) is 1. The molecule has 7 atom stereocenters. The highest BCUT2D eigenvalue weighted by molar-refractivity contribution is 5.89. The number of alkyl carbamates (subject to hydrolysis) is 1. The van der Waals surface area contributed by atoms with Crippen molar-refractivity contribution in [3.63, 3.8) is 0 Å². The Kier molecular flexibility index (Phi) is 23.1. The minimum absolute atomic E-state index is 0.0969. The summed E-state index contributed by atoms with van der Waals surface area (Å²) < 4.78 is 24.8. The number of rotatable bonds is 10. The maximum absolute atomic E-state index is 12.2. The zero-order valence-electron chi connectivity index (χ0n) is 40.0. The number of nitrogens with one attached hydrogen (secondary N) is 1. The van der Waals surface area contributed by atoms with Crippen molar-refractivity contribution in [2.24, 2.45) is 16.7 Å². The second-order valence-corrected chi connectivity index (χ2v) is 17.7. The van der Waals surface area contributed by atoms with Crippen LogP contribution in [0.5, 0.6) is 0 Å². The van der Waals surface area contributed by atoms with Crippen LogP contribution in [-0.4, -0.2) is 101 Å². The third-order valence-corrected chi connectivity index (χ3v) is 11.1. The van der Waals surface area contributed by atoms with E-state index in [1.165, 1.54) is 26.5 Å². The number of carbonyl (C=O) groups excluding carboxylic acids is 5. The first-order valence-electron chi connectivity index (χ1n) is 21.7. The van der Waals surface area contributed by atoms with Crippen LogP contribution in [0.1, 0.15) is 137 Å². The molecule has 1 heterocycles. The standard InChI is InChI=1S/C18H24O3.C14H19NO4.C12H18O5.C3H6O2.C2H6/c1-13-10-11-18(20,17(3,4)12-13)14(2)21-16(19)15-8-6-5-7-9-15;1-14(2,3)19-13(18)15-11(9-12(16)17)10-7-5-4-6-8-10;1-7(13)16-6-11(15)12(2)4-8-5-17-9(8)3-10(12)14;1-3(4)5-2;1-2/h5-9,12,14,20H,10-11H2,1-4H3;4-8,11H,9H2,1-3H3,(H,15,18)(H,16,17);8-10,14H,3-6H2,1-2H3;1-2H3;1-2H3/t14-,18+;11-;8?,9-,10+,12+;;/m011../s1. The fourth-order valence-electron chi connectivity index (χ4n) is 7.32. The Balaban J connectivity index is 0.000000448. The number of ether oxygens (including phenoxy) is 5. The van der Waals surface area contributed by atoms with Gasteiger partial charge in [-0.2, -0.15) is 0 Å². The number of carboxylic acid groups (broad SMARTS) is 1. The molecular weight excluding hydrogens is 827 g/mol. The van der Waals surface area contributed by atoms with Gasteiger partial charge in [0, 0.05) is 31.6 Å². The zero-order valence-corrected chi connectivity index (χ0v) is 40.0. The lowest BCUT2D eigenvalue weighted by Crippen LogP contribution is -2.56. The van der Waals surface area contributed by atoms with E-state index in [2.05, 4.69) is 23.1 Å². The van der Waals surface area contributed by atoms with E-state index in [4.69, 9.17) is 24.1 Å². The minimum atomic E-state index is -1.04. The van der Waals surface area contributed by atoms with Crippen LogP contribution in [0.4, 0.5) is 4.79 Å². The van der Waals surface area contributed by atoms with E-state index < -0.39 is 64.3 Å². The smallest absolute Gasteiger partial charge is 0.408 e. The number of fused-ring (bicyclic) bond motifs is 1. The number of methoxy groups -OCH3 is 1. The summed E-state index contributed by atoms with van der Waals surface area (Å²) in [7, 11) is 1.35. The summed E-state index contributed by atoms with van der Waals surface area (Å²) in [5, 5.41) is 32.6. The predicted octanol–water partition coefficient (Wildman–Crippen LogP) is 7.96. The highest BCUT2D eigenvalue weighted by Gasteiger charge is 2.52. The van der Waals surface area contributed by atoms with E-state index in [1.54, 1.807) is 83.1 Å². The van der Waals surface area contributed by atoms with Crippen molar-refractivity contribution in [2.75, 3.05) is 20.3 Å². The molecule has 2 fully saturated rings. The van der Waals surface area contributed by atoms with Crippen LogP contribution in [0, 0.1) is 16.7 Å². The van der Waals surface area contributed by atoms with Gasteiger partial charge in [0.1, 0.15) is 17.3 Å². The van der Waals surface area contributed by atoms with E-state index in [-0.39, 0.29) is 30.9 Å². The molecule has 1 unspecified atom stereocenters. The average Bonchev–Trinajstić information content (AvgIpc) is 3.22. The number of amides is 1. The molecule has 0 radical (unpaired) electrons. The maximum atomic E-state index is 12.2. The van der Waals surface area contributed by atoms with Crippen LogP contribution in [0.3, 0.4) is 0 Å². The molecule has 0 aromatic heterocycles. The first-order valence-corrected chi connectivity index (χ1v) is 21.7. The van der Waals surface area contributed by atoms with Crippen LogP contribution >= 0.6 is 0 Å². The number of aliphatic hydroxyl groups is 2. The van der Waals surface area contributed by atoms with Gasteiger partial charge in [0.25, 0.3) is 0 Å². The van der Waals surface area contributed by atoms with Gasteiger partial charge in [-0.05, 0) is 78.5 Å². The number of carboxylic acids is 1. The first kappa shape index (κ1) is 56.9. The van der Waals surface area contributed by atoms with Gasteiger partial charge >= 0.3 is 30.0 Å². The number of aliphatic carboxylic acids is 1. The number of benzene rings is 2. The van der Waals surface area contributed by atoms with Crippen LogP contribution in [0.25, 0.3) is 0 Å². The molecule has 15 nitrogen and oxygen atoms in total. The highest BCUT2D eigenvalue weighted by Crippen LogP contribution is 2.46. The zero-order chi connectivity index (χ0) is 49.1. The van der Waals surface area contributed by atoms with Gasteiger partial charge in [0.15, 0.2) is 12.4 Å². The minimum Gasteiger partial charge on any atom is -0.481 e. The number of allylic oxidation sites excluding steroid dienone is 1. The van der Waals surface area contributed by atoms with Crippen molar-refractivity contribution in [1.82, 2.24) is 5.32 Å². The first-order chi connectivity index (χ1) is 29.7. The van der Waals surface area contributed by atoms with Gasteiger partial charge in [-0.15, -0.1) is 0 Å². The molecule has 15 heteroatoms. The van der Waals surface area contributed by atoms with E-state index >= 15 is 0 Å². The summed E-state index contributed by atoms with van der Waals surface area (Å²) in [6, 6.07) is 17.2. The summed E-state index contributed by atoms with van der Waals surface area (Å²) in [5.41, 5.74) is -0.382. The summed E-state index contributed by atoms with van der Waals surface area (Å²) in [4.78, 5) is 67.0. The molecule has 4 N–H and O–H groups in total. The monoisotopic (exact) mass is 900 g/mol. The normalized spacial score (nSPS) is 23.5. The summed E-state index contributed by atoms with van der Waals surface area (Å²) in [6.45, 7) is 21.9. The van der Waals surface area contributed by atoms with Crippen LogP contribution in [-0.2, 0) is 42.9 Å². The molecule has 64 heavy (non-hydrogen) atoms. The fourth-order valence-corrected chi connectivity index (χ4v) is 7.32. The topological polar surface area (TPSA) is 221 Å². The fraction of sp³-hybridized carbons (Fsp3) is 0.592. The Labute approximate surface area is 379 Å². The van der Waals surface area contributed by atoms with Crippen LogP contribution < -0.4 is 5.32 Å². The molecule has 1 amide bonds. The molecule has 358 valence electrons. The Morgan fingerprint density at radius 2 is 1.47 bits per heavy atom. The molecule has 1 saturated heterocycles. The molecule has 3 aliphatic rings. The molecule has 0 bridgehead atoms. The SMILES string of the molecule is CC.CC(=O)OCC(=O)[C@@]1(C)CC2CO[C@@H]2C[C@@H]1O.CC(C)(C)OC(=O)N[C@H](CC(=O)O)c1ccccc1.CC1=CC(C)(C)[C@](O)([C@H](C)OC(=O)c2ccccc2)CC1.COC(C)=O. The molecule has 2 aliphatic carbocycles. The highest BCUT2D eigenvalue weighted by atomic mass is 16.6. The third kappa shape index (κ3) is 18.2. The Morgan fingerprint density at radius 3 is 1.92 bits per heavy atom. The van der Waals surface area contributed by atoms with Crippen molar-refractivity contribution in [1.29, 1.82) is 0 Å². The maximum Gasteiger partial charge on any atom is 0.408 e. The van der Waals surface area contributed by atoms with E-state index in [9.17, 15) is 39.0 Å². The second-order valence-electron chi connectivity index (χ2n) is 17.7. The van der Waals surface area contributed by atoms with E-state index in [1.807, 2.05) is 39.8 Å². The van der Waals surface area contributed by atoms with Gasteiger partial charge in [-0.3, -0.25) is 19.2 Å². The van der Waals surface area contributed by atoms with Crippen LogP contribution in [0.2, 0.25) is 0 Å². The molecule has 0 spiro atoms. The largest absolute Gasteiger partial charge is 0.481 e. The van der Waals surface area contributed by atoms with Gasteiger partial charge in [0.2, 0.25) is 0 Å². The molecule has 2 aromatic rings. The number of hydrogen-bond acceptors (Lipinski definition) is 13. The Bertz CT molecular complexity index is 1840. The van der Waals surface area contributed by atoms with Crippen molar-refractivity contribution >= 4 is 35.8 Å². The second kappa shape index (κ2) is 26.0. The molecule has 5 rings (SSSR count). The number of esters is 3. The summed E-state index contributed by atoms with van der Waals surface area (Å²) in [5.74, 6) is -1.94. The van der Waals surface area contributed by atoms with E-state index in [0.717, 1.165) is 12.0 Å². The lowest BCUT2D eigenvalue weighted by molar-refractivity contribution is -0.195. The van der Waals surface area contributed by atoms with Crippen molar-refractivity contribution in [3.05, 3.63) is 83.4 Å². The third-order valence-electron chi connectivity index (χ3n) is 11.1. The lowest BCUT2D eigenvalue weighted by Gasteiger charge is -2.49. The number of carbonyl (C=O) groups is 6. The molecule has 2 aromatic carbocycles. The van der Waals surface area contributed by atoms with Gasteiger partial charge < -0.3 is 44.3 Å². The summed E-state index contributed by atoms with van der Waals surface area (Å²) >= 11 is 0. The van der Waals surface area contributed by atoms with Crippen LogP contribution in [0.15, 0.2) is 72.3 Å². The van der Waals surface area contributed by atoms with Crippen molar-refractivity contribution < 1.29 is 67.8 Å².